The second kappa shape index (κ2) is 6.91. The van der Waals surface area contributed by atoms with Crippen molar-refractivity contribution in [1.29, 1.82) is 0 Å². The van der Waals surface area contributed by atoms with Crippen molar-refractivity contribution in [2.45, 2.75) is 26.3 Å². The molecule has 0 fully saturated rings. The summed E-state index contributed by atoms with van der Waals surface area (Å²) in [5.41, 5.74) is 0.361. The van der Waals surface area contributed by atoms with Crippen LogP contribution in [0, 0.1) is 5.92 Å². The molecule has 19 heavy (non-hydrogen) atoms. The highest BCUT2D eigenvalue weighted by molar-refractivity contribution is 9.10. The Morgan fingerprint density at radius 1 is 1.42 bits per heavy atom. The number of halogens is 2. The minimum Gasteiger partial charge on any atom is -0.480 e. The maximum atomic E-state index is 12.0. The van der Waals surface area contributed by atoms with Gasteiger partial charge in [-0.1, -0.05) is 25.4 Å². The lowest BCUT2D eigenvalue weighted by Crippen LogP contribution is -2.41. The van der Waals surface area contributed by atoms with Crippen LogP contribution in [-0.2, 0) is 4.79 Å². The third-order valence-corrected chi connectivity index (χ3v) is 3.38. The number of carboxylic acids is 1. The summed E-state index contributed by atoms with van der Waals surface area (Å²) in [6, 6.07) is 3.83. The normalized spacial score (nSPS) is 12.3. The molecule has 1 amide bonds. The molecular weight excluding hydrogens is 334 g/mol. The van der Waals surface area contributed by atoms with E-state index in [0.717, 1.165) is 0 Å². The molecule has 6 heteroatoms. The van der Waals surface area contributed by atoms with Gasteiger partial charge in [-0.15, -0.1) is 0 Å². The molecule has 0 aliphatic heterocycles. The van der Waals surface area contributed by atoms with Gasteiger partial charge in [0.1, 0.15) is 6.04 Å². The van der Waals surface area contributed by atoms with Crippen molar-refractivity contribution in [3.63, 3.8) is 0 Å². The molecule has 2 N–H and O–H groups in total. The standard InChI is InChI=1S/C13H15BrClNO3/c1-7(2)5-11(13(18)19)16-12(17)9-4-3-8(15)6-10(9)14/h3-4,6-7,11H,5H2,1-2H3,(H,16,17)(H,18,19)/t11-/m1/s1. The van der Waals surface area contributed by atoms with Crippen molar-refractivity contribution in [2.24, 2.45) is 5.92 Å². The van der Waals surface area contributed by atoms with Crippen molar-refractivity contribution in [3.8, 4) is 0 Å². The molecule has 104 valence electrons. The van der Waals surface area contributed by atoms with Crippen LogP contribution in [0.25, 0.3) is 0 Å². The molecule has 1 aromatic rings. The quantitative estimate of drug-likeness (QED) is 0.857. The summed E-state index contributed by atoms with van der Waals surface area (Å²) in [5, 5.41) is 12.1. The van der Waals surface area contributed by atoms with Gasteiger partial charge < -0.3 is 10.4 Å². The third-order valence-electron chi connectivity index (χ3n) is 2.49. The maximum Gasteiger partial charge on any atom is 0.326 e. The van der Waals surface area contributed by atoms with Gasteiger partial charge in [0.15, 0.2) is 0 Å². The minimum absolute atomic E-state index is 0.176. The Morgan fingerprint density at radius 2 is 2.05 bits per heavy atom. The molecule has 1 atom stereocenters. The average Bonchev–Trinajstić information content (AvgIpc) is 2.26. The van der Waals surface area contributed by atoms with Gasteiger partial charge in [0.05, 0.1) is 5.56 Å². The fraction of sp³-hybridized carbons (Fsp3) is 0.385. The number of benzene rings is 1. The van der Waals surface area contributed by atoms with Crippen LogP contribution >= 0.6 is 27.5 Å². The second-order valence-corrected chi connectivity index (χ2v) is 5.91. The number of carboxylic acid groups (broad SMARTS) is 1. The molecule has 0 aliphatic carbocycles. The Balaban J connectivity index is 2.84. The van der Waals surface area contributed by atoms with E-state index in [1.54, 1.807) is 18.2 Å². The summed E-state index contributed by atoms with van der Waals surface area (Å²) in [6.45, 7) is 3.81. The SMILES string of the molecule is CC(C)C[C@@H](NC(=O)c1ccc(Cl)cc1Br)C(=O)O. The van der Waals surface area contributed by atoms with E-state index in [1.165, 1.54) is 0 Å². The van der Waals surface area contributed by atoms with Crippen LogP contribution in [0.15, 0.2) is 22.7 Å². The number of hydrogen-bond acceptors (Lipinski definition) is 2. The Bertz CT molecular complexity index is 491. The predicted molar refractivity (Wildman–Crippen MR) is 77.5 cm³/mol. The van der Waals surface area contributed by atoms with Gasteiger partial charge in [0.2, 0.25) is 0 Å². The van der Waals surface area contributed by atoms with Crippen molar-refractivity contribution in [2.75, 3.05) is 0 Å². The highest BCUT2D eigenvalue weighted by Gasteiger charge is 2.22. The number of aliphatic carboxylic acids is 1. The van der Waals surface area contributed by atoms with Gasteiger partial charge in [0.25, 0.3) is 5.91 Å². The lowest BCUT2D eigenvalue weighted by atomic mass is 10.0. The molecular formula is C13H15BrClNO3. The third kappa shape index (κ3) is 4.84. The first-order chi connectivity index (χ1) is 8.81. The minimum atomic E-state index is -1.04. The molecule has 0 bridgehead atoms. The summed E-state index contributed by atoms with van der Waals surface area (Å²) in [7, 11) is 0. The summed E-state index contributed by atoms with van der Waals surface area (Å²) in [6.07, 6.45) is 0.381. The zero-order valence-corrected chi connectivity index (χ0v) is 13.0. The molecule has 1 rings (SSSR count). The highest BCUT2D eigenvalue weighted by Crippen LogP contribution is 2.21. The smallest absolute Gasteiger partial charge is 0.326 e. The molecule has 0 heterocycles. The van der Waals surface area contributed by atoms with Gasteiger partial charge in [-0.3, -0.25) is 4.79 Å². The van der Waals surface area contributed by atoms with Crippen LogP contribution in [0.5, 0.6) is 0 Å². The summed E-state index contributed by atoms with van der Waals surface area (Å²) < 4.78 is 0.534. The Labute approximate surface area is 125 Å². The number of amides is 1. The molecule has 0 saturated heterocycles. The van der Waals surface area contributed by atoms with Crippen molar-refractivity contribution in [1.82, 2.24) is 5.32 Å². The van der Waals surface area contributed by atoms with E-state index in [2.05, 4.69) is 21.2 Å². The van der Waals surface area contributed by atoms with Crippen LogP contribution in [-0.4, -0.2) is 23.0 Å². The largest absolute Gasteiger partial charge is 0.480 e. The molecule has 0 saturated carbocycles. The van der Waals surface area contributed by atoms with Gasteiger partial charge in [-0.2, -0.15) is 0 Å². The van der Waals surface area contributed by atoms with Crippen molar-refractivity contribution >= 4 is 39.4 Å². The van der Waals surface area contributed by atoms with E-state index < -0.39 is 17.9 Å². The number of hydrogen-bond donors (Lipinski definition) is 2. The van der Waals surface area contributed by atoms with Crippen molar-refractivity contribution < 1.29 is 14.7 Å². The zero-order valence-electron chi connectivity index (χ0n) is 10.6. The maximum absolute atomic E-state index is 12.0. The van der Waals surface area contributed by atoms with E-state index in [0.29, 0.717) is 21.5 Å². The van der Waals surface area contributed by atoms with Gasteiger partial charge in [-0.05, 0) is 46.5 Å². The first kappa shape index (κ1) is 16.0. The summed E-state index contributed by atoms with van der Waals surface area (Å²) >= 11 is 9.02. The molecule has 0 aromatic heterocycles. The number of rotatable bonds is 5. The van der Waals surface area contributed by atoms with Gasteiger partial charge in [0, 0.05) is 9.50 Å². The molecule has 4 nitrogen and oxygen atoms in total. The predicted octanol–water partition coefficient (Wildman–Crippen LogP) is 3.33. The van der Waals surface area contributed by atoms with E-state index in [1.807, 2.05) is 13.8 Å². The Hall–Kier alpha value is -1.07. The molecule has 0 aliphatic rings. The fourth-order valence-corrected chi connectivity index (χ4v) is 2.47. The van der Waals surface area contributed by atoms with Crippen LogP contribution in [0.3, 0.4) is 0 Å². The van der Waals surface area contributed by atoms with Gasteiger partial charge >= 0.3 is 5.97 Å². The Kier molecular flexibility index (Phi) is 5.82. The van der Waals surface area contributed by atoms with E-state index in [4.69, 9.17) is 16.7 Å². The highest BCUT2D eigenvalue weighted by atomic mass is 79.9. The van der Waals surface area contributed by atoms with E-state index in [-0.39, 0.29) is 5.92 Å². The lowest BCUT2D eigenvalue weighted by molar-refractivity contribution is -0.139. The van der Waals surface area contributed by atoms with Crippen LogP contribution in [0.4, 0.5) is 0 Å². The van der Waals surface area contributed by atoms with E-state index >= 15 is 0 Å². The van der Waals surface area contributed by atoms with E-state index in [9.17, 15) is 9.59 Å². The lowest BCUT2D eigenvalue weighted by Gasteiger charge is -2.17. The summed E-state index contributed by atoms with van der Waals surface area (Å²) in [4.78, 5) is 23.1. The fourth-order valence-electron chi connectivity index (χ4n) is 1.60. The number of carbonyl (C=O) groups excluding carboxylic acids is 1. The van der Waals surface area contributed by atoms with Crippen LogP contribution in [0.1, 0.15) is 30.6 Å². The van der Waals surface area contributed by atoms with Crippen molar-refractivity contribution in [3.05, 3.63) is 33.3 Å². The zero-order chi connectivity index (χ0) is 14.6. The Morgan fingerprint density at radius 3 is 2.53 bits per heavy atom. The molecule has 0 radical (unpaired) electrons. The summed E-state index contributed by atoms with van der Waals surface area (Å²) in [5.74, 6) is -1.29. The monoisotopic (exact) mass is 347 g/mol. The number of nitrogens with one attached hydrogen (secondary N) is 1. The van der Waals surface area contributed by atoms with Gasteiger partial charge in [-0.25, -0.2) is 4.79 Å². The van der Waals surface area contributed by atoms with Crippen LogP contribution < -0.4 is 5.32 Å². The molecule has 0 unspecified atom stereocenters. The first-order valence-corrected chi connectivity index (χ1v) is 6.97. The van der Waals surface area contributed by atoms with Crippen LogP contribution in [0.2, 0.25) is 5.02 Å². The topological polar surface area (TPSA) is 66.4 Å². The average molecular weight is 349 g/mol. The first-order valence-electron chi connectivity index (χ1n) is 5.80. The molecule has 0 spiro atoms. The number of carbonyl (C=O) groups is 2. The molecule has 1 aromatic carbocycles. The second-order valence-electron chi connectivity index (χ2n) is 4.62.